The van der Waals surface area contributed by atoms with Crippen molar-refractivity contribution in [3.05, 3.63) is 52.3 Å². The maximum Gasteiger partial charge on any atom is 0.250 e. The summed E-state index contributed by atoms with van der Waals surface area (Å²) in [6, 6.07) is 6.74. The van der Waals surface area contributed by atoms with Gasteiger partial charge in [-0.05, 0) is 6.07 Å². The summed E-state index contributed by atoms with van der Waals surface area (Å²) >= 11 is 0. The molecular weight excluding hydrogens is 194 g/mol. The molecule has 0 aliphatic carbocycles. The van der Waals surface area contributed by atoms with E-state index in [1.54, 1.807) is 29.0 Å². The summed E-state index contributed by atoms with van der Waals surface area (Å²) < 4.78 is 6.57. The molecule has 0 amide bonds. The van der Waals surface area contributed by atoms with Crippen LogP contribution in [-0.4, -0.2) is 9.72 Å². The van der Waals surface area contributed by atoms with Crippen LogP contribution < -0.4 is 11.3 Å². The van der Waals surface area contributed by atoms with E-state index in [0.29, 0.717) is 24.5 Å². The Kier molecular flexibility index (Phi) is 2.64. The normalized spacial score (nSPS) is 10.5. The highest BCUT2D eigenvalue weighted by molar-refractivity contribution is 5.06. The predicted octanol–water partition coefficient (Wildman–Crippen LogP) is 0.343. The van der Waals surface area contributed by atoms with Crippen molar-refractivity contribution in [1.29, 1.82) is 0 Å². The Morgan fingerprint density at radius 1 is 1.47 bits per heavy atom. The van der Waals surface area contributed by atoms with Gasteiger partial charge < -0.3 is 14.8 Å². The maximum absolute atomic E-state index is 11.4. The lowest BCUT2D eigenvalue weighted by Crippen LogP contribution is -2.17. The number of hydrogen-bond donors (Lipinski definition) is 1. The highest BCUT2D eigenvalue weighted by Gasteiger charge is 2.03. The summed E-state index contributed by atoms with van der Waals surface area (Å²) in [4.78, 5) is 11.4. The van der Waals surface area contributed by atoms with Gasteiger partial charge in [0, 0.05) is 24.9 Å². The molecule has 0 aliphatic heterocycles. The van der Waals surface area contributed by atoms with Gasteiger partial charge in [-0.3, -0.25) is 4.79 Å². The summed E-state index contributed by atoms with van der Waals surface area (Å²) in [5, 5.41) is 3.75. The lowest BCUT2D eigenvalue weighted by molar-refractivity contribution is 0.369. The molecule has 0 fully saturated rings. The van der Waals surface area contributed by atoms with Crippen LogP contribution in [0.25, 0.3) is 0 Å². The highest BCUT2D eigenvalue weighted by atomic mass is 16.5. The third-order valence-corrected chi connectivity index (χ3v) is 2.04. The molecule has 2 N–H and O–H groups in total. The van der Waals surface area contributed by atoms with E-state index in [0.717, 1.165) is 0 Å². The molecule has 15 heavy (non-hydrogen) atoms. The van der Waals surface area contributed by atoms with Crippen molar-refractivity contribution in [2.75, 3.05) is 0 Å². The number of nitrogens with zero attached hydrogens (tertiary/aromatic N) is 2. The number of rotatable bonds is 3. The monoisotopic (exact) mass is 205 g/mol. The summed E-state index contributed by atoms with van der Waals surface area (Å²) in [5.41, 5.74) is 6.02. The lowest BCUT2D eigenvalue weighted by Gasteiger charge is -1.99. The van der Waals surface area contributed by atoms with Gasteiger partial charge in [0.25, 0.3) is 5.56 Å². The van der Waals surface area contributed by atoms with Crippen LogP contribution >= 0.6 is 0 Å². The molecule has 2 rings (SSSR count). The van der Waals surface area contributed by atoms with Crippen molar-refractivity contribution < 1.29 is 4.52 Å². The second-order valence-electron chi connectivity index (χ2n) is 3.16. The van der Waals surface area contributed by atoms with E-state index in [4.69, 9.17) is 10.3 Å². The Morgan fingerprint density at radius 3 is 3.00 bits per heavy atom. The fourth-order valence-electron chi connectivity index (χ4n) is 1.29. The molecule has 0 atom stereocenters. The number of hydrogen-bond acceptors (Lipinski definition) is 4. The Bertz CT molecular complexity index is 501. The molecule has 0 aliphatic rings. The van der Waals surface area contributed by atoms with E-state index in [2.05, 4.69) is 5.16 Å². The first-order valence-corrected chi connectivity index (χ1v) is 4.59. The summed E-state index contributed by atoms with van der Waals surface area (Å²) in [6.07, 6.45) is 1.70. The fraction of sp³-hybridized carbons (Fsp3) is 0.200. The maximum atomic E-state index is 11.4. The van der Waals surface area contributed by atoms with Crippen LogP contribution in [0.2, 0.25) is 0 Å². The first-order chi connectivity index (χ1) is 7.29. The van der Waals surface area contributed by atoms with Crippen molar-refractivity contribution in [2.24, 2.45) is 5.73 Å². The minimum Gasteiger partial charge on any atom is -0.359 e. The third-order valence-electron chi connectivity index (χ3n) is 2.04. The van der Waals surface area contributed by atoms with Gasteiger partial charge in [0.2, 0.25) is 0 Å². The smallest absolute Gasteiger partial charge is 0.250 e. The van der Waals surface area contributed by atoms with E-state index in [1.807, 2.05) is 0 Å². The molecular formula is C10H11N3O2. The summed E-state index contributed by atoms with van der Waals surface area (Å²) in [6.45, 7) is 0.722. The van der Waals surface area contributed by atoms with E-state index in [9.17, 15) is 4.79 Å². The molecule has 0 bridgehead atoms. The molecule has 0 spiro atoms. The Balaban J connectivity index is 2.22. The van der Waals surface area contributed by atoms with Crippen LogP contribution in [0.3, 0.4) is 0 Å². The summed E-state index contributed by atoms with van der Waals surface area (Å²) in [7, 11) is 0. The van der Waals surface area contributed by atoms with Gasteiger partial charge in [0.1, 0.15) is 0 Å². The molecule has 0 aromatic carbocycles. The van der Waals surface area contributed by atoms with Crippen LogP contribution in [0.15, 0.2) is 39.8 Å². The molecule has 2 aromatic heterocycles. The fourth-order valence-corrected chi connectivity index (χ4v) is 1.29. The second kappa shape index (κ2) is 4.10. The molecule has 5 heteroatoms. The van der Waals surface area contributed by atoms with Crippen molar-refractivity contribution in [3.63, 3.8) is 0 Å². The van der Waals surface area contributed by atoms with Crippen molar-refractivity contribution in [2.45, 2.75) is 13.1 Å². The first kappa shape index (κ1) is 9.67. The van der Waals surface area contributed by atoms with E-state index < -0.39 is 0 Å². The zero-order valence-corrected chi connectivity index (χ0v) is 8.09. The van der Waals surface area contributed by atoms with Crippen molar-refractivity contribution in [3.8, 4) is 0 Å². The quantitative estimate of drug-likeness (QED) is 0.784. The number of aromatic nitrogens is 2. The van der Waals surface area contributed by atoms with Crippen LogP contribution in [-0.2, 0) is 13.1 Å². The average molecular weight is 205 g/mol. The van der Waals surface area contributed by atoms with Gasteiger partial charge >= 0.3 is 0 Å². The van der Waals surface area contributed by atoms with Crippen LogP contribution in [0.5, 0.6) is 0 Å². The largest absolute Gasteiger partial charge is 0.359 e. The van der Waals surface area contributed by atoms with Gasteiger partial charge in [-0.25, -0.2) is 0 Å². The lowest BCUT2D eigenvalue weighted by atomic mass is 10.3. The topological polar surface area (TPSA) is 74.0 Å². The zero-order chi connectivity index (χ0) is 10.7. The molecule has 0 radical (unpaired) electrons. The average Bonchev–Trinajstić information content (AvgIpc) is 2.69. The van der Waals surface area contributed by atoms with E-state index in [1.165, 1.54) is 6.07 Å². The van der Waals surface area contributed by atoms with Gasteiger partial charge in [-0.15, -0.1) is 0 Å². The number of pyridine rings is 1. The van der Waals surface area contributed by atoms with E-state index >= 15 is 0 Å². The molecule has 2 heterocycles. The standard InChI is InChI=1S/C10H11N3O2/c11-6-8-5-9(15-12-8)7-13-4-2-1-3-10(13)14/h1-5H,6-7,11H2. The van der Waals surface area contributed by atoms with Crippen molar-refractivity contribution in [1.82, 2.24) is 9.72 Å². The van der Waals surface area contributed by atoms with Gasteiger partial charge in [0.05, 0.1) is 12.2 Å². The van der Waals surface area contributed by atoms with Crippen LogP contribution in [0.4, 0.5) is 0 Å². The predicted molar refractivity (Wildman–Crippen MR) is 54.2 cm³/mol. The zero-order valence-electron chi connectivity index (χ0n) is 8.09. The number of nitrogens with two attached hydrogens (primary N) is 1. The van der Waals surface area contributed by atoms with Gasteiger partial charge in [-0.2, -0.15) is 0 Å². The van der Waals surface area contributed by atoms with E-state index in [-0.39, 0.29) is 5.56 Å². The van der Waals surface area contributed by atoms with Gasteiger partial charge in [0.15, 0.2) is 5.76 Å². The Hall–Kier alpha value is -1.88. The van der Waals surface area contributed by atoms with Crippen molar-refractivity contribution >= 4 is 0 Å². The molecule has 0 saturated carbocycles. The molecule has 0 unspecified atom stereocenters. The Labute approximate surface area is 86.1 Å². The second-order valence-corrected chi connectivity index (χ2v) is 3.16. The molecule has 0 saturated heterocycles. The van der Waals surface area contributed by atoms with Crippen LogP contribution in [0, 0.1) is 0 Å². The first-order valence-electron chi connectivity index (χ1n) is 4.59. The minimum atomic E-state index is -0.0665. The molecule has 5 nitrogen and oxygen atoms in total. The van der Waals surface area contributed by atoms with Gasteiger partial charge in [-0.1, -0.05) is 11.2 Å². The SMILES string of the molecule is NCc1cc(Cn2ccccc2=O)on1. The highest BCUT2D eigenvalue weighted by Crippen LogP contribution is 2.03. The third kappa shape index (κ3) is 2.13. The molecule has 78 valence electrons. The van der Waals surface area contributed by atoms with Crippen LogP contribution in [0.1, 0.15) is 11.5 Å². The Morgan fingerprint density at radius 2 is 2.33 bits per heavy atom. The minimum absolute atomic E-state index is 0.0665. The molecule has 2 aromatic rings. The summed E-state index contributed by atoms with van der Waals surface area (Å²) in [5.74, 6) is 0.628.